The van der Waals surface area contributed by atoms with Crippen molar-refractivity contribution in [3.05, 3.63) is 22.4 Å². The Kier molecular flexibility index (Phi) is 11.7. The van der Waals surface area contributed by atoms with E-state index in [-0.39, 0.29) is 35.9 Å². The molecule has 182 valence electrons. The first-order valence-electron chi connectivity index (χ1n) is 11.6. The molecule has 0 bridgehead atoms. The van der Waals surface area contributed by atoms with Crippen LogP contribution in [0.2, 0.25) is 0 Å². The van der Waals surface area contributed by atoms with Gasteiger partial charge in [0.1, 0.15) is 0 Å². The number of likely N-dealkylation sites (N-methyl/N-ethyl adjacent to an activating group) is 1. The number of piperidine rings is 1. The van der Waals surface area contributed by atoms with Crippen LogP contribution >= 0.6 is 35.3 Å². The summed E-state index contributed by atoms with van der Waals surface area (Å²) in [7, 11) is 7.79. The molecule has 32 heavy (non-hydrogen) atoms. The molecule has 0 aliphatic carbocycles. The lowest BCUT2D eigenvalue weighted by Gasteiger charge is -2.39. The maximum absolute atomic E-state index is 12.3. The molecule has 3 unspecified atom stereocenters. The van der Waals surface area contributed by atoms with Gasteiger partial charge in [-0.3, -0.25) is 19.6 Å². The first kappa shape index (κ1) is 27.3. The second-order valence-electron chi connectivity index (χ2n) is 9.00. The van der Waals surface area contributed by atoms with Crippen molar-refractivity contribution in [3.63, 3.8) is 0 Å². The summed E-state index contributed by atoms with van der Waals surface area (Å²) in [4.78, 5) is 24.8. The van der Waals surface area contributed by atoms with Crippen molar-refractivity contribution < 1.29 is 4.79 Å². The Morgan fingerprint density at radius 1 is 1.25 bits per heavy atom. The molecule has 1 aromatic heterocycles. The molecule has 2 aliphatic rings. The van der Waals surface area contributed by atoms with Crippen LogP contribution in [0.5, 0.6) is 0 Å². The van der Waals surface area contributed by atoms with E-state index in [0.29, 0.717) is 12.0 Å². The summed E-state index contributed by atoms with van der Waals surface area (Å²) in [6, 6.07) is 4.97. The number of likely N-dealkylation sites (tertiary alicyclic amines) is 2. The lowest BCUT2D eigenvalue weighted by atomic mass is 9.88. The molecule has 3 heterocycles. The summed E-state index contributed by atoms with van der Waals surface area (Å²) in [5.74, 6) is 1.69. The van der Waals surface area contributed by atoms with E-state index in [1.165, 1.54) is 24.3 Å². The molecule has 0 radical (unpaired) electrons. The quantitative estimate of drug-likeness (QED) is 0.216. The fourth-order valence-corrected chi connectivity index (χ4v) is 5.97. The Morgan fingerprint density at radius 2 is 2.03 bits per heavy atom. The molecule has 0 saturated carbocycles. The number of halogens is 1. The van der Waals surface area contributed by atoms with E-state index >= 15 is 0 Å². The highest BCUT2D eigenvalue weighted by Gasteiger charge is 2.32. The Hall–Kier alpha value is -0.910. The monoisotopic (exact) mass is 576 g/mol. The maximum Gasteiger partial charge on any atom is 0.239 e. The van der Waals surface area contributed by atoms with Crippen LogP contribution in [-0.4, -0.2) is 93.5 Å². The Bertz CT molecular complexity index is 713. The van der Waals surface area contributed by atoms with Crippen molar-refractivity contribution in [1.29, 1.82) is 0 Å². The van der Waals surface area contributed by atoms with E-state index in [1.54, 1.807) is 4.90 Å². The molecule has 3 rings (SSSR count). The van der Waals surface area contributed by atoms with Crippen molar-refractivity contribution in [3.8, 4) is 0 Å². The minimum atomic E-state index is 0. The molecule has 3 atom stereocenters. The number of amides is 1. The third-order valence-electron chi connectivity index (χ3n) is 6.60. The van der Waals surface area contributed by atoms with Crippen LogP contribution in [0.3, 0.4) is 0 Å². The van der Waals surface area contributed by atoms with Crippen LogP contribution in [0, 0.1) is 5.92 Å². The molecule has 2 saturated heterocycles. The number of thiophene rings is 1. The van der Waals surface area contributed by atoms with E-state index in [1.807, 2.05) is 32.5 Å². The van der Waals surface area contributed by atoms with Crippen molar-refractivity contribution in [2.75, 3.05) is 60.9 Å². The topological polar surface area (TPSA) is 63.2 Å². The third-order valence-corrected chi connectivity index (χ3v) is 7.54. The summed E-state index contributed by atoms with van der Waals surface area (Å²) in [5.41, 5.74) is 0. The second-order valence-corrected chi connectivity index (χ2v) is 9.98. The van der Waals surface area contributed by atoms with E-state index in [9.17, 15) is 4.79 Å². The molecule has 7 nitrogen and oxygen atoms in total. The van der Waals surface area contributed by atoms with Crippen LogP contribution in [0.15, 0.2) is 22.5 Å². The second kappa shape index (κ2) is 13.7. The number of guanidine groups is 1. The van der Waals surface area contributed by atoms with Gasteiger partial charge >= 0.3 is 0 Å². The Balaban J connectivity index is 0.00000363. The number of aliphatic imine (C=N–C) groups is 1. The Labute approximate surface area is 215 Å². The fourth-order valence-electron chi connectivity index (χ4n) is 4.99. The number of hydrogen-bond donors (Lipinski definition) is 2. The van der Waals surface area contributed by atoms with Crippen molar-refractivity contribution in [2.24, 2.45) is 10.9 Å². The zero-order valence-corrected chi connectivity index (χ0v) is 23.2. The largest absolute Gasteiger partial charge is 0.356 e. The smallest absolute Gasteiger partial charge is 0.239 e. The number of carbonyl (C=O) groups excluding carboxylic acids is 1. The van der Waals surface area contributed by atoms with E-state index in [0.717, 1.165) is 51.4 Å². The zero-order valence-electron chi connectivity index (χ0n) is 20.0. The van der Waals surface area contributed by atoms with Gasteiger partial charge in [-0.1, -0.05) is 6.07 Å². The normalized spacial score (nSPS) is 24.8. The molecule has 1 aromatic rings. The van der Waals surface area contributed by atoms with Crippen LogP contribution in [0.25, 0.3) is 0 Å². The first-order chi connectivity index (χ1) is 15.0. The molecule has 2 aliphatic heterocycles. The summed E-state index contributed by atoms with van der Waals surface area (Å²) < 4.78 is 0. The molecule has 2 N–H and O–H groups in total. The molecular formula is C23H41IN6OS. The zero-order chi connectivity index (χ0) is 22.2. The summed E-state index contributed by atoms with van der Waals surface area (Å²) >= 11 is 1.86. The minimum absolute atomic E-state index is 0. The standard InChI is InChI=1S/C23H40N6OS.HI/c1-24-23(25-12-8-15-29-14-6-10-19(29)22(30)27(2)3)26-17-18-9-5-13-28(4)21(18)20-11-7-16-31-20;/h7,11,16,18-19,21H,5-6,8-10,12-15,17H2,1-4H3,(H2,24,25,26);1H. The summed E-state index contributed by atoms with van der Waals surface area (Å²) in [6.07, 6.45) is 5.59. The van der Waals surface area contributed by atoms with Crippen LogP contribution in [-0.2, 0) is 4.79 Å². The number of hydrogen-bond acceptors (Lipinski definition) is 5. The predicted octanol–water partition coefficient (Wildman–Crippen LogP) is 2.86. The average Bonchev–Trinajstić information content (AvgIpc) is 3.44. The third kappa shape index (κ3) is 7.30. The molecule has 2 fully saturated rings. The summed E-state index contributed by atoms with van der Waals surface area (Å²) in [5, 5.41) is 9.21. The molecular weight excluding hydrogens is 535 g/mol. The van der Waals surface area contributed by atoms with Crippen molar-refractivity contribution in [2.45, 2.75) is 44.2 Å². The first-order valence-corrected chi connectivity index (χ1v) is 12.5. The SMILES string of the molecule is CN=C(NCCCN1CCCC1C(=O)N(C)C)NCC1CCCN(C)C1c1cccs1.I. The van der Waals surface area contributed by atoms with Crippen LogP contribution < -0.4 is 10.6 Å². The van der Waals surface area contributed by atoms with Gasteiger partial charge in [-0.25, -0.2) is 0 Å². The van der Waals surface area contributed by atoms with Crippen molar-refractivity contribution >= 4 is 47.2 Å². The van der Waals surface area contributed by atoms with E-state index in [4.69, 9.17) is 0 Å². The minimum Gasteiger partial charge on any atom is -0.356 e. The van der Waals surface area contributed by atoms with Gasteiger partial charge in [0, 0.05) is 51.7 Å². The van der Waals surface area contributed by atoms with Crippen molar-refractivity contribution in [1.82, 2.24) is 25.3 Å². The highest BCUT2D eigenvalue weighted by Crippen LogP contribution is 2.36. The van der Waals surface area contributed by atoms with Gasteiger partial charge in [-0.15, -0.1) is 35.3 Å². The van der Waals surface area contributed by atoms with Gasteiger partial charge in [0.15, 0.2) is 5.96 Å². The average molecular weight is 577 g/mol. The highest BCUT2D eigenvalue weighted by atomic mass is 127. The van der Waals surface area contributed by atoms with Gasteiger partial charge in [-0.2, -0.15) is 0 Å². The Morgan fingerprint density at radius 3 is 2.72 bits per heavy atom. The summed E-state index contributed by atoms with van der Waals surface area (Å²) in [6.45, 7) is 4.93. The van der Waals surface area contributed by atoms with Crippen LogP contribution in [0.4, 0.5) is 0 Å². The lowest BCUT2D eigenvalue weighted by Crippen LogP contribution is -2.46. The number of nitrogens with one attached hydrogen (secondary N) is 2. The molecule has 0 spiro atoms. The van der Waals surface area contributed by atoms with Gasteiger partial charge in [0.2, 0.25) is 5.91 Å². The number of carbonyl (C=O) groups is 1. The molecule has 1 amide bonds. The van der Waals surface area contributed by atoms with Gasteiger partial charge < -0.3 is 15.5 Å². The maximum atomic E-state index is 12.3. The van der Waals surface area contributed by atoms with E-state index in [2.05, 4.69) is 50.0 Å². The lowest BCUT2D eigenvalue weighted by molar-refractivity contribution is -0.133. The van der Waals surface area contributed by atoms with E-state index < -0.39 is 0 Å². The highest BCUT2D eigenvalue weighted by molar-refractivity contribution is 14.0. The predicted molar refractivity (Wildman–Crippen MR) is 145 cm³/mol. The van der Waals surface area contributed by atoms with Gasteiger partial charge in [-0.05, 0) is 69.6 Å². The number of rotatable bonds is 8. The molecule has 9 heteroatoms. The number of nitrogens with zero attached hydrogens (tertiary/aromatic N) is 4. The molecule has 0 aromatic carbocycles. The van der Waals surface area contributed by atoms with Crippen LogP contribution in [0.1, 0.15) is 43.0 Å². The fraction of sp³-hybridized carbons (Fsp3) is 0.739. The van der Waals surface area contributed by atoms with Gasteiger partial charge in [0.25, 0.3) is 0 Å². The van der Waals surface area contributed by atoms with Gasteiger partial charge in [0.05, 0.1) is 6.04 Å².